The topological polar surface area (TPSA) is 37.3 Å². The lowest BCUT2D eigenvalue weighted by molar-refractivity contribution is -0.154. The van der Waals surface area contributed by atoms with Crippen LogP contribution >= 0.6 is 0 Å². The van der Waals surface area contributed by atoms with E-state index in [1.807, 2.05) is 6.92 Å². The fourth-order valence-electron chi connectivity index (χ4n) is 4.13. The number of fused-ring (bicyclic) bond motifs is 2. The number of rotatable bonds is 1. The van der Waals surface area contributed by atoms with Gasteiger partial charge in [0.1, 0.15) is 0 Å². The summed E-state index contributed by atoms with van der Waals surface area (Å²) in [5.41, 5.74) is -0.00248. The average molecular weight is 210 g/mol. The largest absolute Gasteiger partial charge is 0.481 e. The molecule has 2 bridgehead atoms. The fraction of sp³-hybridized carbons (Fsp3) is 0.923. The van der Waals surface area contributed by atoms with Crippen LogP contribution in [0.15, 0.2) is 0 Å². The summed E-state index contributed by atoms with van der Waals surface area (Å²) in [6, 6.07) is 0. The van der Waals surface area contributed by atoms with Crippen LogP contribution in [-0.4, -0.2) is 11.1 Å². The van der Waals surface area contributed by atoms with Crippen LogP contribution < -0.4 is 0 Å². The summed E-state index contributed by atoms with van der Waals surface area (Å²) in [6.07, 6.45) is 5.48. The van der Waals surface area contributed by atoms with Gasteiger partial charge in [-0.3, -0.25) is 4.79 Å². The number of aliphatic carboxylic acids is 1. The highest BCUT2D eigenvalue weighted by Gasteiger charge is 2.47. The van der Waals surface area contributed by atoms with Gasteiger partial charge < -0.3 is 5.11 Å². The molecule has 2 atom stereocenters. The van der Waals surface area contributed by atoms with E-state index in [0.29, 0.717) is 17.3 Å². The molecule has 15 heavy (non-hydrogen) atoms. The van der Waals surface area contributed by atoms with Crippen molar-refractivity contribution in [3.8, 4) is 0 Å². The predicted octanol–water partition coefficient (Wildman–Crippen LogP) is 3.31. The molecule has 2 fully saturated rings. The van der Waals surface area contributed by atoms with E-state index in [2.05, 4.69) is 13.8 Å². The third kappa shape index (κ3) is 2.04. The summed E-state index contributed by atoms with van der Waals surface area (Å²) in [6.45, 7) is 6.60. The molecular formula is C13H22O2. The van der Waals surface area contributed by atoms with Crippen LogP contribution in [0.1, 0.15) is 52.9 Å². The second-order valence-electron chi connectivity index (χ2n) is 6.81. The minimum absolute atomic E-state index is 0.438. The van der Waals surface area contributed by atoms with Gasteiger partial charge in [0.25, 0.3) is 0 Å². The zero-order chi connectivity index (χ0) is 11.3. The Kier molecular flexibility index (Phi) is 2.36. The van der Waals surface area contributed by atoms with E-state index in [-0.39, 0.29) is 0 Å². The predicted molar refractivity (Wildman–Crippen MR) is 59.6 cm³/mol. The van der Waals surface area contributed by atoms with Gasteiger partial charge in [0.15, 0.2) is 0 Å². The van der Waals surface area contributed by atoms with Crippen LogP contribution in [0.25, 0.3) is 0 Å². The van der Waals surface area contributed by atoms with Gasteiger partial charge in [-0.15, -0.1) is 0 Å². The summed E-state index contributed by atoms with van der Waals surface area (Å²) in [5.74, 6) is 0.708. The molecule has 1 N–H and O–H groups in total. The van der Waals surface area contributed by atoms with Crippen molar-refractivity contribution in [1.29, 1.82) is 0 Å². The lowest BCUT2D eigenvalue weighted by atomic mass is 9.56. The Morgan fingerprint density at radius 1 is 1.07 bits per heavy atom. The van der Waals surface area contributed by atoms with E-state index in [9.17, 15) is 9.90 Å². The monoisotopic (exact) mass is 210 g/mol. The van der Waals surface area contributed by atoms with Gasteiger partial charge in [-0.25, -0.2) is 0 Å². The summed E-state index contributed by atoms with van der Waals surface area (Å²) in [7, 11) is 0. The van der Waals surface area contributed by atoms with E-state index in [1.165, 1.54) is 19.3 Å². The van der Waals surface area contributed by atoms with Crippen molar-refractivity contribution < 1.29 is 9.90 Å². The maximum atomic E-state index is 11.3. The molecule has 0 aromatic rings. The molecule has 0 heterocycles. The highest BCUT2D eigenvalue weighted by molar-refractivity contribution is 5.74. The summed E-state index contributed by atoms with van der Waals surface area (Å²) < 4.78 is 0. The number of carboxylic acid groups (broad SMARTS) is 1. The summed E-state index contributed by atoms with van der Waals surface area (Å²) in [4.78, 5) is 11.3. The standard InChI is InChI=1S/C13H22O2/c1-12(2)5-9-4-10(6-12)8-13(3,7-9)11(14)15/h9-10H,4-8H2,1-3H3,(H,14,15). The Morgan fingerprint density at radius 3 is 1.93 bits per heavy atom. The van der Waals surface area contributed by atoms with Gasteiger partial charge in [-0.1, -0.05) is 13.8 Å². The van der Waals surface area contributed by atoms with Crippen LogP contribution in [0.4, 0.5) is 0 Å². The molecule has 2 aliphatic carbocycles. The van der Waals surface area contributed by atoms with Crippen molar-refractivity contribution in [2.24, 2.45) is 22.7 Å². The van der Waals surface area contributed by atoms with Crippen LogP contribution in [-0.2, 0) is 4.79 Å². The zero-order valence-corrected chi connectivity index (χ0v) is 10.0. The Bertz CT molecular complexity index is 264. The van der Waals surface area contributed by atoms with Crippen LogP contribution in [0, 0.1) is 22.7 Å². The molecule has 0 radical (unpaired) electrons. The molecule has 86 valence electrons. The molecule has 0 aromatic carbocycles. The number of carbonyl (C=O) groups is 1. The van der Waals surface area contributed by atoms with Crippen molar-refractivity contribution >= 4 is 5.97 Å². The third-order valence-corrected chi connectivity index (χ3v) is 4.34. The highest BCUT2D eigenvalue weighted by atomic mass is 16.4. The Morgan fingerprint density at radius 2 is 1.53 bits per heavy atom. The van der Waals surface area contributed by atoms with E-state index >= 15 is 0 Å². The van der Waals surface area contributed by atoms with Gasteiger partial charge in [-0.05, 0) is 56.3 Å². The Balaban J connectivity index is 2.15. The first-order chi connectivity index (χ1) is 6.81. The van der Waals surface area contributed by atoms with Crippen LogP contribution in [0.5, 0.6) is 0 Å². The van der Waals surface area contributed by atoms with Crippen molar-refractivity contribution in [2.45, 2.75) is 52.9 Å². The van der Waals surface area contributed by atoms with E-state index < -0.39 is 11.4 Å². The van der Waals surface area contributed by atoms with E-state index in [4.69, 9.17) is 0 Å². The molecular weight excluding hydrogens is 188 g/mol. The summed E-state index contributed by atoms with van der Waals surface area (Å²) >= 11 is 0. The minimum Gasteiger partial charge on any atom is -0.481 e. The molecule has 2 rings (SSSR count). The first-order valence-corrected chi connectivity index (χ1v) is 6.04. The molecule has 2 aliphatic rings. The van der Waals surface area contributed by atoms with Gasteiger partial charge in [0.05, 0.1) is 5.41 Å². The first kappa shape index (κ1) is 11.0. The molecule has 0 amide bonds. The normalized spacial score (nSPS) is 43.7. The van der Waals surface area contributed by atoms with Crippen LogP contribution in [0.2, 0.25) is 0 Å². The molecule has 2 heteroatoms. The van der Waals surface area contributed by atoms with Crippen LogP contribution in [0.3, 0.4) is 0 Å². The molecule has 0 aromatic heterocycles. The fourth-order valence-corrected chi connectivity index (χ4v) is 4.13. The average Bonchev–Trinajstić information content (AvgIpc) is 1.97. The highest BCUT2D eigenvalue weighted by Crippen LogP contribution is 2.53. The first-order valence-electron chi connectivity index (χ1n) is 6.04. The van der Waals surface area contributed by atoms with Gasteiger partial charge in [-0.2, -0.15) is 0 Å². The summed E-state index contributed by atoms with van der Waals surface area (Å²) in [5, 5.41) is 9.28. The van der Waals surface area contributed by atoms with Gasteiger partial charge in [0, 0.05) is 0 Å². The molecule has 0 saturated heterocycles. The lowest BCUT2D eigenvalue weighted by Gasteiger charge is -2.48. The Labute approximate surface area is 92.1 Å². The number of carboxylic acids is 1. The third-order valence-electron chi connectivity index (χ3n) is 4.34. The van der Waals surface area contributed by atoms with Gasteiger partial charge in [0.2, 0.25) is 0 Å². The maximum Gasteiger partial charge on any atom is 0.309 e. The van der Waals surface area contributed by atoms with Crippen molar-refractivity contribution in [1.82, 2.24) is 0 Å². The SMILES string of the molecule is CC1(C)CC2CC(C1)CC(C)(C(=O)O)C2. The molecule has 0 aliphatic heterocycles. The van der Waals surface area contributed by atoms with E-state index in [0.717, 1.165) is 12.8 Å². The molecule has 2 nitrogen and oxygen atoms in total. The zero-order valence-electron chi connectivity index (χ0n) is 10.0. The Hall–Kier alpha value is -0.530. The second kappa shape index (κ2) is 3.23. The molecule has 2 unspecified atom stereocenters. The molecule has 0 spiro atoms. The molecule has 2 saturated carbocycles. The second-order valence-corrected chi connectivity index (χ2v) is 6.81. The number of hydrogen-bond acceptors (Lipinski definition) is 1. The minimum atomic E-state index is -0.586. The van der Waals surface area contributed by atoms with Crippen molar-refractivity contribution in [3.05, 3.63) is 0 Å². The number of hydrogen-bond donors (Lipinski definition) is 1. The smallest absolute Gasteiger partial charge is 0.309 e. The lowest BCUT2D eigenvalue weighted by Crippen LogP contribution is -2.43. The quantitative estimate of drug-likeness (QED) is 0.721. The van der Waals surface area contributed by atoms with Crippen molar-refractivity contribution in [2.75, 3.05) is 0 Å². The van der Waals surface area contributed by atoms with E-state index in [1.54, 1.807) is 0 Å². The van der Waals surface area contributed by atoms with Gasteiger partial charge >= 0.3 is 5.97 Å². The van der Waals surface area contributed by atoms with Crippen molar-refractivity contribution in [3.63, 3.8) is 0 Å². The maximum absolute atomic E-state index is 11.3.